The Morgan fingerprint density at radius 3 is 3.09 bits per heavy atom. The van der Waals surface area contributed by atoms with E-state index in [4.69, 9.17) is 0 Å². The lowest BCUT2D eigenvalue weighted by Crippen LogP contribution is -2.34. The van der Waals surface area contributed by atoms with Crippen LogP contribution in [0.4, 0.5) is 5.13 Å². The second-order valence-electron chi connectivity index (χ2n) is 5.65. The van der Waals surface area contributed by atoms with Gasteiger partial charge in [-0.25, -0.2) is 9.97 Å². The molecule has 4 rings (SSSR count). The van der Waals surface area contributed by atoms with E-state index in [0.717, 1.165) is 48.2 Å². The first-order valence-electron chi connectivity index (χ1n) is 7.71. The largest absolute Gasteiger partial charge is 0.345 e. The number of carbonyl (C=O) groups is 1. The Kier molecular flexibility index (Phi) is 3.80. The van der Waals surface area contributed by atoms with Gasteiger partial charge in [-0.2, -0.15) is 0 Å². The van der Waals surface area contributed by atoms with Crippen LogP contribution in [0.1, 0.15) is 12.8 Å². The molecule has 0 saturated carbocycles. The van der Waals surface area contributed by atoms with Crippen LogP contribution < -0.4 is 10.6 Å². The van der Waals surface area contributed by atoms with E-state index in [1.807, 2.05) is 23.7 Å². The lowest BCUT2D eigenvalue weighted by molar-refractivity contribution is -0.120. The minimum absolute atomic E-state index is 0.0768. The van der Waals surface area contributed by atoms with E-state index in [1.54, 1.807) is 6.20 Å². The van der Waals surface area contributed by atoms with Crippen molar-refractivity contribution in [2.24, 2.45) is 5.92 Å². The first kappa shape index (κ1) is 14.3. The third kappa shape index (κ3) is 2.85. The van der Waals surface area contributed by atoms with Crippen molar-refractivity contribution in [3.63, 3.8) is 0 Å². The van der Waals surface area contributed by atoms with E-state index < -0.39 is 0 Å². The standard InChI is InChI=1S/C16H17N5OS/c22-15(10-3-6-17-7-4-10)21-16-20-13(9-23-16)12-8-19-14-11(12)2-1-5-18-14/h1-2,5,8-10,17H,3-4,6-7H2,(H,18,19)(H,20,21,22). The number of hydrogen-bond acceptors (Lipinski definition) is 5. The number of fused-ring (bicyclic) bond motifs is 1. The average molecular weight is 327 g/mol. The van der Waals surface area contributed by atoms with Crippen LogP contribution in [0.2, 0.25) is 0 Å². The second kappa shape index (κ2) is 6.10. The van der Waals surface area contributed by atoms with E-state index in [2.05, 4.69) is 25.6 Å². The number of hydrogen-bond donors (Lipinski definition) is 3. The smallest absolute Gasteiger partial charge is 0.229 e. The van der Waals surface area contributed by atoms with Crippen LogP contribution >= 0.6 is 11.3 Å². The van der Waals surface area contributed by atoms with Gasteiger partial charge in [0.05, 0.1) is 5.69 Å². The van der Waals surface area contributed by atoms with E-state index in [1.165, 1.54) is 11.3 Å². The number of nitrogens with one attached hydrogen (secondary N) is 3. The van der Waals surface area contributed by atoms with E-state index in [-0.39, 0.29) is 11.8 Å². The summed E-state index contributed by atoms with van der Waals surface area (Å²) in [5.41, 5.74) is 2.71. The van der Waals surface area contributed by atoms with E-state index >= 15 is 0 Å². The van der Waals surface area contributed by atoms with Gasteiger partial charge < -0.3 is 15.6 Å². The molecule has 0 unspecified atom stereocenters. The first-order chi connectivity index (χ1) is 11.3. The van der Waals surface area contributed by atoms with Gasteiger partial charge in [0.15, 0.2) is 5.13 Å². The number of pyridine rings is 1. The van der Waals surface area contributed by atoms with Gasteiger partial charge >= 0.3 is 0 Å². The van der Waals surface area contributed by atoms with E-state index in [9.17, 15) is 4.79 Å². The Labute approximate surface area is 137 Å². The normalized spacial score (nSPS) is 15.8. The molecule has 1 fully saturated rings. The molecule has 1 saturated heterocycles. The maximum atomic E-state index is 12.3. The molecule has 0 aliphatic carbocycles. The van der Waals surface area contributed by atoms with Gasteiger partial charge in [0.1, 0.15) is 5.65 Å². The number of rotatable bonds is 3. The maximum Gasteiger partial charge on any atom is 0.229 e. The highest BCUT2D eigenvalue weighted by Gasteiger charge is 2.22. The molecule has 4 heterocycles. The third-order valence-electron chi connectivity index (χ3n) is 4.17. The number of nitrogens with zero attached hydrogens (tertiary/aromatic N) is 2. The minimum atomic E-state index is 0.0768. The van der Waals surface area contributed by atoms with Gasteiger partial charge in [-0.05, 0) is 38.1 Å². The molecule has 3 aromatic heterocycles. The number of thiazole rings is 1. The summed E-state index contributed by atoms with van der Waals surface area (Å²) in [5, 5.41) is 9.88. The number of carbonyl (C=O) groups excluding carboxylic acids is 1. The van der Waals surface area contributed by atoms with Gasteiger partial charge in [-0.3, -0.25) is 4.79 Å². The summed E-state index contributed by atoms with van der Waals surface area (Å²) in [6, 6.07) is 3.92. The van der Waals surface area contributed by atoms with Gasteiger partial charge in [-0.15, -0.1) is 11.3 Å². The molecule has 6 nitrogen and oxygen atoms in total. The maximum absolute atomic E-state index is 12.3. The van der Waals surface area contributed by atoms with Gasteiger partial charge in [-0.1, -0.05) is 0 Å². The molecule has 1 aliphatic rings. The van der Waals surface area contributed by atoms with E-state index in [0.29, 0.717) is 5.13 Å². The van der Waals surface area contributed by atoms with Crippen LogP contribution in [-0.4, -0.2) is 33.9 Å². The number of anilines is 1. The van der Waals surface area contributed by atoms with Gasteiger partial charge in [0.25, 0.3) is 0 Å². The minimum Gasteiger partial charge on any atom is -0.345 e. The molecule has 118 valence electrons. The topological polar surface area (TPSA) is 82.7 Å². The van der Waals surface area contributed by atoms with Crippen molar-refractivity contribution >= 4 is 33.4 Å². The SMILES string of the molecule is O=C(Nc1nc(-c2c[nH]c3ncccc23)cs1)C1CCNCC1. The average Bonchev–Trinajstić information content (AvgIpc) is 3.22. The van der Waals surface area contributed by atoms with Gasteiger partial charge in [0.2, 0.25) is 5.91 Å². The molecule has 3 aromatic rings. The van der Waals surface area contributed by atoms with Crippen LogP contribution in [0.5, 0.6) is 0 Å². The predicted octanol–water partition coefficient (Wildman–Crippen LogP) is 2.62. The lowest BCUT2D eigenvalue weighted by atomic mass is 9.97. The molecular formula is C16H17N5OS. The van der Waals surface area contributed by atoms with Crippen molar-refractivity contribution in [2.75, 3.05) is 18.4 Å². The molecule has 1 amide bonds. The highest BCUT2D eigenvalue weighted by atomic mass is 32.1. The van der Waals surface area contributed by atoms with Gasteiger partial charge in [0, 0.05) is 34.6 Å². The highest BCUT2D eigenvalue weighted by molar-refractivity contribution is 7.14. The highest BCUT2D eigenvalue weighted by Crippen LogP contribution is 2.30. The summed E-state index contributed by atoms with van der Waals surface area (Å²) in [7, 11) is 0. The fraction of sp³-hybridized carbons (Fsp3) is 0.312. The fourth-order valence-electron chi connectivity index (χ4n) is 2.91. The van der Waals surface area contributed by atoms with Crippen LogP contribution in [0.15, 0.2) is 29.9 Å². The quantitative estimate of drug-likeness (QED) is 0.690. The summed E-state index contributed by atoms with van der Waals surface area (Å²) in [6.45, 7) is 1.81. The fourth-order valence-corrected chi connectivity index (χ4v) is 3.63. The van der Waals surface area contributed by atoms with Crippen LogP contribution in [0, 0.1) is 5.92 Å². The van der Waals surface area contributed by atoms with Crippen LogP contribution in [-0.2, 0) is 4.79 Å². The lowest BCUT2D eigenvalue weighted by Gasteiger charge is -2.20. The third-order valence-corrected chi connectivity index (χ3v) is 4.93. The van der Waals surface area contributed by atoms with Crippen molar-refractivity contribution in [3.05, 3.63) is 29.9 Å². The molecule has 0 bridgehead atoms. The zero-order valence-corrected chi connectivity index (χ0v) is 13.3. The number of aromatic nitrogens is 3. The van der Waals surface area contributed by atoms with Crippen molar-refractivity contribution < 1.29 is 4.79 Å². The predicted molar refractivity (Wildman–Crippen MR) is 91.4 cm³/mol. The molecule has 0 atom stereocenters. The summed E-state index contributed by atoms with van der Waals surface area (Å²) >= 11 is 1.46. The summed E-state index contributed by atoms with van der Waals surface area (Å²) in [6.07, 6.45) is 5.44. The molecule has 0 radical (unpaired) electrons. The molecule has 0 spiro atoms. The summed E-state index contributed by atoms with van der Waals surface area (Å²) in [5.74, 6) is 0.161. The van der Waals surface area contributed by atoms with Crippen LogP contribution in [0.3, 0.4) is 0 Å². The number of H-pyrrole nitrogens is 1. The number of piperidine rings is 1. The summed E-state index contributed by atoms with van der Waals surface area (Å²) in [4.78, 5) is 24.3. The molecule has 3 N–H and O–H groups in total. The first-order valence-corrected chi connectivity index (χ1v) is 8.59. The molecule has 1 aliphatic heterocycles. The number of aromatic amines is 1. The van der Waals surface area contributed by atoms with Crippen molar-refractivity contribution in [1.29, 1.82) is 0 Å². The van der Waals surface area contributed by atoms with Crippen molar-refractivity contribution in [3.8, 4) is 11.3 Å². The zero-order valence-electron chi connectivity index (χ0n) is 12.5. The molecule has 23 heavy (non-hydrogen) atoms. The molecule has 0 aromatic carbocycles. The second-order valence-corrected chi connectivity index (χ2v) is 6.51. The summed E-state index contributed by atoms with van der Waals surface area (Å²) < 4.78 is 0. The Bertz CT molecular complexity index is 834. The van der Waals surface area contributed by atoms with Crippen LogP contribution in [0.25, 0.3) is 22.3 Å². The van der Waals surface area contributed by atoms with Crippen molar-refractivity contribution in [2.45, 2.75) is 12.8 Å². The molecular weight excluding hydrogens is 310 g/mol. The Balaban J connectivity index is 1.53. The zero-order chi connectivity index (χ0) is 15.6. The van der Waals surface area contributed by atoms with Crippen molar-refractivity contribution in [1.82, 2.24) is 20.3 Å². The monoisotopic (exact) mass is 327 g/mol. The Hall–Kier alpha value is -2.25. The Morgan fingerprint density at radius 2 is 2.22 bits per heavy atom. The Morgan fingerprint density at radius 1 is 1.35 bits per heavy atom. The number of amides is 1. The molecule has 7 heteroatoms.